The van der Waals surface area contributed by atoms with Crippen LogP contribution in [0.3, 0.4) is 0 Å². The Balaban J connectivity index is 4.06. The predicted molar refractivity (Wildman–Crippen MR) is 262 cm³/mol. The Morgan fingerprint density at radius 2 is 0.774 bits per heavy atom. The fraction of sp³-hybridized carbons (Fsp3) is 0.660. The average molecular weight is 885 g/mol. The van der Waals surface area contributed by atoms with E-state index < -0.39 is 26.5 Å². The van der Waals surface area contributed by atoms with E-state index in [9.17, 15) is 19.0 Å². The molecule has 2 unspecified atom stereocenters. The van der Waals surface area contributed by atoms with E-state index >= 15 is 0 Å². The molecule has 9 heteroatoms. The summed E-state index contributed by atoms with van der Waals surface area (Å²) in [6.07, 6.45) is 63.2. The molecule has 0 amide bonds. The molecule has 0 aliphatic rings. The SMILES string of the molecule is CC/C=C\C/C=C\C/C=C\C/C=C\CCCCCCCCCCC(=O)OCC(COP(=O)(O)OCC)OC(=O)CCCCCCCCCC/C=C\C/C=C\C/C=C\C/C=C\CC. The zero-order valence-electron chi connectivity index (χ0n) is 39.5. The Morgan fingerprint density at radius 3 is 1.16 bits per heavy atom. The van der Waals surface area contributed by atoms with Crippen LogP contribution in [0.15, 0.2) is 97.2 Å². The first-order valence-electron chi connectivity index (χ1n) is 24.5. The van der Waals surface area contributed by atoms with Crippen LogP contribution in [0.1, 0.15) is 201 Å². The van der Waals surface area contributed by atoms with Crippen LogP contribution in [-0.4, -0.2) is 42.8 Å². The second-order valence-electron chi connectivity index (χ2n) is 15.7. The lowest BCUT2D eigenvalue weighted by molar-refractivity contribution is -0.161. The predicted octanol–water partition coefficient (Wildman–Crippen LogP) is 16.0. The Kier molecular flexibility index (Phi) is 45.1. The van der Waals surface area contributed by atoms with Gasteiger partial charge >= 0.3 is 19.8 Å². The minimum atomic E-state index is -4.30. The van der Waals surface area contributed by atoms with E-state index in [1.807, 2.05) is 0 Å². The number of phosphoric ester groups is 1. The molecule has 0 fully saturated rings. The standard InChI is InChI=1S/C53H89O8P/c1-4-7-9-11-13-15-17-19-21-23-25-27-29-31-33-35-37-39-41-43-45-47-52(54)58-49-51(50-60-62(56,57)59-6-3)61-53(55)48-46-44-42-40-38-36-34-32-30-28-26-24-22-20-18-16-14-12-10-8-5-2/h7-10,13-16,19-22,25-28,51H,4-6,11-12,17-18,23-24,29-50H2,1-3H3,(H,56,57)/b9-7-,10-8-,15-13-,16-14-,21-19-,22-20-,27-25-,28-26-. The Hall–Kier alpha value is -3.03. The van der Waals surface area contributed by atoms with Crippen molar-refractivity contribution in [3.63, 3.8) is 0 Å². The summed E-state index contributed by atoms with van der Waals surface area (Å²) < 4.78 is 32.8. The average Bonchev–Trinajstić information content (AvgIpc) is 3.25. The summed E-state index contributed by atoms with van der Waals surface area (Å²) in [7, 11) is -4.30. The number of ether oxygens (including phenoxy) is 2. The Labute approximate surface area is 379 Å². The monoisotopic (exact) mass is 885 g/mol. The number of hydrogen-bond acceptors (Lipinski definition) is 7. The van der Waals surface area contributed by atoms with Gasteiger partial charge in [-0.05, 0) is 96.8 Å². The fourth-order valence-electron chi connectivity index (χ4n) is 6.38. The molecule has 354 valence electrons. The van der Waals surface area contributed by atoms with Crippen molar-refractivity contribution in [2.75, 3.05) is 19.8 Å². The zero-order valence-corrected chi connectivity index (χ0v) is 40.4. The molecule has 8 nitrogen and oxygen atoms in total. The number of phosphoric acid groups is 1. The molecule has 0 radical (unpaired) electrons. The van der Waals surface area contributed by atoms with Crippen molar-refractivity contribution in [3.05, 3.63) is 97.2 Å². The number of unbranched alkanes of at least 4 members (excludes halogenated alkanes) is 16. The van der Waals surface area contributed by atoms with Crippen molar-refractivity contribution in [1.82, 2.24) is 0 Å². The van der Waals surface area contributed by atoms with E-state index in [1.54, 1.807) is 6.92 Å². The van der Waals surface area contributed by atoms with Gasteiger partial charge in [0.05, 0.1) is 13.2 Å². The maximum Gasteiger partial charge on any atom is 0.472 e. The molecular weight excluding hydrogens is 796 g/mol. The maximum absolute atomic E-state index is 12.6. The maximum atomic E-state index is 12.6. The van der Waals surface area contributed by atoms with Gasteiger partial charge in [-0.1, -0.05) is 188 Å². The topological polar surface area (TPSA) is 108 Å². The highest BCUT2D eigenvalue weighted by atomic mass is 31.2. The van der Waals surface area contributed by atoms with E-state index in [4.69, 9.17) is 18.5 Å². The molecule has 0 aliphatic heterocycles. The molecule has 62 heavy (non-hydrogen) atoms. The molecule has 0 heterocycles. The molecule has 0 aliphatic carbocycles. The summed E-state index contributed by atoms with van der Waals surface area (Å²) in [4.78, 5) is 34.9. The molecule has 0 saturated carbocycles. The van der Waals surface area contributed by atoms with Crippen LogP contribution in [0, 0.1) is 0 Å². The van der Waals surface area contributed by atoms with E-state index in [2.05, 4.69) is 111 Å². The van der Waals surface area contributed by atoms with Crippen LogP contribution < -0.4 is 0 Å². The third kappa shape index (κ3) is 46.5. The quantitative estimate of drug-likeness (QED) is 0.0279. The van der Waals surface area contributed by atoms with Crippen LogP contribution in [0.5, 0.6) is 0 Å². The van der Waals surface area contributed by atoms with Gasteiger partial charge in [0.2, 0.25) is 0 Å². The van der Waals surface area contributed by atoms with Gasteiger partial charge in [0.15, 0.2) is 6.10 Å². The highest BCUT2D eigenvalue weighted by Gasteiger charge is 2.25. The first kappa shape index (κ1) is 59.0. The molecule has 0 bridgehead atoms. The summed E-state index contributed by atoms with van der Waals surface area (Å²) in [5.74, 6) is -0.821. The summed E-state index contributed by atoms with van der Waals surface area (Å²) >= 11 is 0. The number of carbonyl (C=O) groups excluding carboxylic acids is 2. The lowest BCUT2D eigenvalue weighted by Gasteiger charge is -2.19. The molecule has 0 aromatic carbocycles. The van der Waals surface area contributed by atoms with E-state index in [0.29, 0.717) is 6.42 Å². The molecule has 0 aromatic rings. The third-order valence-corrected chi connectivity index (χ3v) is 10.9. The number of rotatable bonds is 44. The Bertz CT molecular complexity index is 1320. The van der Waals surface area contributed by atoms with Gasteiger partial charge in [0.1, 0.15) is 6.61 Å². The first-order chi connectivity index (χ1) is 30.3. The minimum absolute atomic E-state index is 0.00801. The second-order valence-corrected chi connectivity index (χ2v) is 17.2. The van der Waals surface area contributed by atoms with E-state index in [-0.39, 0.29) is 32.0 Å². The van der Waals surface area contributed by atoms with E-state index in [1.165, 1.54) is 51.4 Å². The summed E-state index contributed by atoms with van der Waals surface area (Å²) in [5, 5.41) is 0. The van der Waals surface area contributed by atoms with Crippen molar-refractivity contribution in [2.24, 2.45) is 0 Å². The third-order valence-electron chi connectivity index (χ3n) is 9.89. The molecule has 2 atom stereocenters. The van der Waals surface area contributed by atoms with Crippen LogP contribution in [0.25, 0.3) is 0 Å². The highest BCUT2D eigenvalue weighted by molar-refractivity contribution is 7.47. The van der Waals surface area contributed by atoms with Gasteiger partial charge in [0, 0.05) is 12.8 Å². The van der Waals surface area contributed by atoms with Crippen molar-refractivity contribution < 1.29 is 37.6 Å². The van der Waals surface area contributed by atoms with Gasteiger partial charge in [-0.15, -0.1) is 0 Å². The number of allylic oxidation sites excluding steroid dienone is 16. The molecule has 0 spiro atoms. The zero-order chi connectivity index (χ0) is 45.3. The van der Waals surface area contributed by atoms with Crippen molar-refractivity contribution >= 4 is 19.8 Å². The Morgan fingerprint density at radius 1 is 0.435 bits per heavy atom. The van der Waals surface area contributed by atoms with Crippen LogP contribution in [0.4, 0.5) is 0 Å². The lowest BCUT2D eigenvalue weighted by Crippen LogP contribution is -2.29. The van der Waals surface area contributed by atoms with Gasteiger partial charge in [-0.2, -0.15) is 0 Å². The second kappa shape index (κ2) is 47.4. The molecule has 0 saturated heterocycles. The van der Waals surface area contributed by atoms with Crippen molar-refractivity contribution in [1.29, 1.82) is 0 Å². The van der Waals surface area contributed by atoms with Crippen LogP contribution >= 0.6 is 7.82 Å². The molecular formula is C53H89O8P. The van der Waals surface area contributed by atoms with E-state index in [0.717, 1.165) is 109 Å². The number of carbonyl (C=O) groups is 2. The smallest absolute Gasteiger partial charge is 0.462 e. The van der Waals surface area contributed by atoms with Crippen molar-refractivity contribution in [2.45, 2.75) is 207 Å². The van der Waals surface area contributed by atoms with Gasteiger partial charge < -0.3 is 14.4 Å². The lowest BCUT2D eigenvalue weighted by atomic mass is 10.1. The van der Waals surface area contributed by atoms with Gasteiger partial charge in [-0.25, -0.2) is 4.57 Å². The summed E-state index contributed by atoms with van der Waals surface area (Å²) in [6, 6.07) is 0. The summed E-state index contributed by atoms with van der Waals surface area (Å²) in [5.41, 5.74) is 0. The van der Waals surface area contributed by atoms with Crippen molar-refractivity contribution in [3.8, 4) is 0 Å². The first-order valence-corrected chi connectivity index (χ1v) is 26.0. The van der Waals surface area contributed by atoms with Gasteiger partial charge in [-0.3, -0.25) is 18.6 Å². The normalized spacial score (nSPS) is 14.1. The van der Waals surface area contributed by atoms with Crippen LogP contribution in [0.2, 0.25) is 0 Å². The fourth-order valence-corrected chi connectivity index (χ4v) is 7.13. The summed E-state index contributed by atoms with van der Waals surface area (Å²) in [6.45, 7) is 5.23. The number of hydrogen-bond donors (Lipinski definition) is 1. The molecule has 0 aromatic heterocycles. The van der Waals surface area contributed by atoms with Crippen LogP contribution in [-0.2, 0) is 32.7 Å². The van der Waals surface area contributed by atoms with Gasteiger partial charge in [0.25, 0.3) is 0 Å². The minimum Gasteiger partial charge on any atom is -0.462 e. The number of esters is 2. The largest absolute Gasteiger partial charge is 0.472 e. The molecule has 0 rings (SSSR count). The highest BCUT2D eigenvalue weighted by Crippen LogP contribution is 2.43. The molecule has 1 N–H and O–H groups in total.